The van der Waals surface area contributed by atoms with Crippen molar-refractivity contribution in [3.8, 4) is 0 Å². The topological polar surface area (TPSA) is 83.4 Å². The second-order valence-corrected chi connectivity index (χ2v) is 7.29. The van der Waals surface area contributed by atoms with E-state index in [9.17, 15) is 18.4 Å². The van der Waals surface area contributed by atoms with Crippen LogP contribution in [0.25, 0.3) is 0 Å². The number of nitrogens with one attached hydrogen (secondary N) is 1. The Balaban J connectivity index is 1.28. The van der Waals surface area contributed by atoms with Gasteiger partial charge in [-0.3, -0.25) is 14.8 Å². The summed E-state index contributed by atoms with van der Waals surface area (Å²) >= 11 is 0. The van der Waals surface area contributed by atoms with Crippen LogP contribution in [0.3, 0.4) is 0 Å². The zero-order chi connectivity index (χ0) is 19.7. The highest BCUT2D eigenvalue weighted by atomic mass is 19.1. The Morgan fingerprint density at radius 2 is 2.07 bits per heavy atom. The number of carbonyl (C=O) groups excluding carboxylic acids is 2. The molecule has 0 bridgehead atoms. The first-order chi connectivity index (χ1) is 13.5. The van der Waals surface area contributed by atoms with Crippen molar-refractivity contribution in [1.29, 1.82) is 0 Å². The van der Waals surface area contributed by atoms with E-state index >= 15 is 0 Å². The number of hydrogen-bond acceptors (Lipinski definition) is 5. The number of carbonyl (C=O) groups is 2. The minimum Gasteiger partial charge on any atom is -0.447 e. The molecule has 1 N–H and O–H groups in total. The molecule has 3 aliphatic heterocycles. The number of amidine groups is 1. The van der Waals surface area contributed by atoms with Crippen molar-refractivity contribution < 1.29 is 23.1 Å². The largest absolute Gasteiger partial charge is 0.447 e. The molecule has 0 spiro atoms. The van der Waals surface area contributed by atoms with Gasteiger partial charge < -0.3 is 15.0 Å². The fourth-order valence-corrected chi connectivity index (χ4v) is 3.89. The van der Waals surface area contributed by atoms with Gasteiger partial charge in [-0.15, -0.1) is 0 Å². The minimum atomic E-state index is -0.659. The van der Waals surface area contributed by atoms with Crippen LogP contribution in [0.1, 0.15) is 30.9 Å². The number of aliphatic imine (C=N–C) groups is 2. The molecule has 0 aliphatic carbocycles. The fraction of sp³-hybridized carbons (Fsp3) is 0.474. The SMILES string of the molecule is O=C(C[C@H]1CCN2C(=O)OC[C@H]2C1)NC1=NCC(c2cc(F)cc(F)c2)N=C1. The molecule has 1 unspecified atom stereocenters. The van der Waals surface area contributed by atoms with E-state index in [0.717, 1.165) is 18.9 Å². The molecule has 3 atom stereocenters. The van der Waals surface area contributed by atoms with Gasteiger partial charge in [-0.2, -0.15) is 0 Å². The van der Waals surface area contributed by atoms with Gasteiger partial charge in [-0.1, -0.05) is 0 Å². The standard InChI is InChI=1S/C19H20F2N4O3/c20-13-5-12(6-14(21)7-13)16-8-23-17(9-22-16)24-18(26)4-11-1-2-25-15(3-11)10-28-19(25)27/h5-7,9,11,15-16H,1-4,8,10H2,(H,23,24,26)/t11-,15+,16?/m0/s1. The first-order valence-corrected chi connectivity index (χ1v) is 9.25. The van der Waals surface area contributed by atoms with Gasteiger partial charge in [0.1, 0.15) is 24.1 Å². The maximum Gasteiger partial charge on any atom is 0.410 e. The van der Waals surface area contributed by atoms with Crippen molar-refractivity contribution in [2.75, 3.05) is 19.7 Å². The molecule has 148 valence electrons. The van der Waals surface area contributed by atoms with Gasteiger partial charge in [0.2, 0.25) is 5.91 Å². The molecule has 1 aromatic carbocycles. The van der Waals surface area contributed by atoms with Crippen LogP contribution in [-0.2, 0) is 9.53 Å². The summed E-state index contributed by atoms with van der Waals surface area (Å²) in [6.45, 7) is 1.20. The Morgan fingerprint density at radius 1 is 1.29 bits per heavy atom. The molecule has 7 nitrogen and oxygen atoms in total. The smallest absolute Gasteiger partial charge is 0.410 e. The van der Waals surface area contributed by atoms with Crippen LogP contribution in [0.5, 0.6) is 0 Å². The van der Waals surface area contributed by atoms with Crippen molar-refractivity contribution in [3.63, 3.8) is 0 Å². The summed E-state index contributed by atoms with van der Waals surface area (Å²) in [4.78, 5) is 34.1. The predicted molar refractivity (Wildman–Crippen MR) is 97.2 cm³/mol. The molecular formula is C19H20F2N4O3. The number of cyclic esters (lactones) is 1. The molecule has 2 saturated heterocycles. The van der Waals surface area contributed by atoms with Gasteiger partial charge in [0.05, 0.1) is 24.8 Å². The number of piperidine rings is 1. The normalized spacial score (nSPS) is 26.5. The van der Waals surface area contributed by atoms with E-state index in [2.05, 4.69) is 15.3 Å². The van der Waals surface area contributed by atoms with Crippen LogP contribution in [0, 0.1) is 17.6 Å². The number of ether oxygens (including phenoxy) is 1. The lowest BCUT2D eigenvalue weighted by atomic mass is 9.89. The van der Waals surface area contributed by atoms with Crippen molar-refractivity contribution in [2.24, 2.45) is 15.9 Å². The van der Waals surface area contributed by atoms with Crippen molar-refractivity contribution >= 4 is 24.1 Å². The lowest BCUT2D eigenvalue weighted by Crippen LogP contribution is -2.42. The first-order valence-electron chi connectivity index (χ1n) is 9.25. The van der Waals surface area contributed by atoms with Gasteiger partial charge >= 0.3 is 6.09 Å². The summed E-state index contributed by atoms with van der Waals surface area (Å²) in [7, 11) is 0. The lowest BCUT2D eigenvalue weighted by molar-refractivity contribution is -0.120. The third-order valence-corrected chi connectivity index (χ3v) is 5.28. The molecule has 3 heterocycles. The highest BCUT2D eigenvalue weighted by Gasteiger charge is 2.38. The van der Waals surface area contributed by atoms with Crippen molar-refractivity contribution in [3.05, 3.63) is 35.4 Å². The van der Waals surface area contributed by atoms with E-state index in [1.807, 2.05) is 0 Å². The van der Waals surface area contributed by atoms with E-state index in [-0.39, 0.29) is 30.5 Å². The maximum absolute atomic E-state index is 13.3. The number of halogens is 2. The summed E-state index contributed by atoms with van der Waals surface area (Å²) in [5, 5.41) is 2.73. The van der Waals surface area contributed by atoms with Crippen LogP contribution in [0.4, 0.5) is 13.6 Å². The Bertz CT molecular complexity index is 837. The van der Waals surface area contributed by atoms with E-state index in [0.29, 0.717) is 31.0 Å². The second-order valence-electron chi connectivity index (χ2n) is 7.29. The molecule has 0 saturated carbocycles. The summed E-state index contributed by atoms with van der Waals surface area (Å²) < 4.78 is 31.7. The number of hydrogen-bond donors (Lipinski definition) is 1. The molecular weight excluding hydrogens is 370 g/mol. The zero-order valence-electron chi connectivity index (χ0n) is 15.1. The van der Waals surface area contributed by atoms with Crippen LogP contribution in [0.2, 0.25) is 0 Å². The molecule has 0 aromatic heterocycles. The zero-order valence-corrected chi connectivity index (χ0v) is 15.1. The maximum atomic E-state index is 13.3. The Labute approximate surface area is 160 Å². The monoisotopic (exact) mass is 390 g/mol. The molecule has 4 rings (SSSR count). The number of fused-ring (bicyclic) bond motifs is 1. The highest BCUT2D eigenvalue weighted by Crippen LogP contribution is 2.29. The number of nitrogens with zero attached hydrogens (tertiary/aromatic N) is 3. The lowest BCUT2D eigenvalue weighted by Gasteiger charge is -2.32. The summed E-state index contributed by atoms with van der Waals surface area (Å²) in [6.07, 6.45) is 2.98. The molecule has 2 fully saturated rings. The van der Waals surface area contributed by atoms with Crippen molar-refractivity contribution in [2.45, 2.75) is 31.3 Å². The van der Waals surface area contributed by atoms with E-state index in [1.54, 1.807) is 4.90 Å². The van der Waals surface area contributed by atoms with Gasteiger partial charge in [0.15, 0.2) is 0 Å². The molecule has 3 aliphatic rings. The molecule has 2 amide bonds. The van der Waals surface area contributed by atoms with Gasteiger partial charge in [-0.25, -0.2) is 13.6 Å². The Kier molecular flexibility index (Phi) is 5.06. The Morgan fingerprint density at radius 3 is 2.79 bits per heavy atom. The fourth-order valence-electron chi connectivity index (χ4n) is 3.89. The summed E-state index contributed by atoms with van der Waals surface area (Å²) in [5.74, 6) is -0.957. The second kappa shape index (κ2) is 7.65. The summed E-state index contributed by atoms with van der Waals surface area (Å²) in [5.41, 5.74) is 0.406. The van der Waals surface area contributed by atoms with E-state index in [4.69, 9.17) is 4.74 Å². The number of rotatable bonds is 3. The van der Waals surface area contributed by atoms with E-state index in [1.165, 1.54) is 18.3 Å². The van der Waals surface area contributed by atoms with Gasteiger partial charge in [0.25, 0.3) is 0 Å². The van der Waals surface area contributed by atoms with Crippen LogP contribution in [0.15, 0.2) is 28.2 Å². The van der Waals surface area contributed by atoms with E-state index < -0.39 is 17.7 Å². The third-order valence-electron chi connectivity index (χ3n) is 5.28. The van der Waals surface area contributed by atoms with Gasteiger partial charge in [0, 0.05) is 19.0 Å². The highest BCUT2D eigenvalue weighted by molar-refractivity contribution is 6.33. The average Bonchev–Trinajstić information content (AvgIpc) is 3.02. The molecule has 9 heteroatoms. The molecule has 1 aromatic rings. The van der Waals surface area contributed by atoms with Gasteiger partial charge in [-0.05, 0) is 36.5 Å². The first kappa shape index (κ1) is 18.5. The summed E-state index contributed by atoms with van der Waals surface area (Å²) in [6, 6.07) is 2.85. The van der Waals surface area contributed by atoms with Crippen LogP contribution < -0.4 is 5.32 Å². The van der Waals surface area contributed by atoms with Crippen molar-refractivity contribution in [1.82, 2.24) is 10.2 Å². The number of benzene rings is 1. The third kappa shape index (κ3) is 4.02. The van der Waals surface area contributed by atoms with Crippen LogP contribution in [-0.4, -0.2) is 54.7 Å². The predicted octanol–water partition coefficient (Wildman–Crippen LogP) is 2.23. The molecule has 0 radical (unpaired) electrons. The number of amides is 2. The Hall–Kier alpha value is -2.84. The molecule has 28 heavy (non-hydrogen) atoms. The minimum absolute atomic E-state index is 0.0556. The average molecular weight is 390 g/mol. The quantitative estimate of drug-likeness (QED) is 0.859. The van der Waals surface area contributed by atoms with Crippen LogP contribution >= 0.6 is 0 Å².